The molecule has 1 amide bonds. The van der Waals surface area contributed by atoms with E-state index in [0.29, 0.717) is 60.9 Å². The number of aromatic amines is 1. The molecule has 2 aromatic heterocycles. The Hall–Kier alpha value is -3.96. The predicted molar refractivity (Wildman–Crippen MR) is 136 cm³/mol. The number of aromatic nitrogens is 3. The monoisotopic (exact) mass is 519 g/mol. The van der Waals surface area contributed by atoms with Crippen LogP contribution in [0.3, 0.4) is 0 Å². The first-order valence-corrected chi connectivity index (χ1v) is 13.5. The maximum absolute atomic E-state index is 13.6. The van der Waals surface area contributed by atoms with Gasteiger partial charge in [-0.1, -0.05) is 12.1 Å². The van der Waals surface area contributed by atoms with Crippen LogP contribution in [0.4, 0.5) is 0 Å². The number of pyridine rings is 1. The standard InChI is InChI=1S/C26H25N5O5S/c32-26(21-17-28-29-25(21)18-5-6-22-23(15-18)36-14-13-35-22)30-9-2-10-31(12-11-30)37(33,34)24-4-1-3-19-16-27-8-7-20(19)24/h1,3-8,15-17H,2,9-14H2,(H,28,29). The Balaban J connectivity index is 1.22. The van der Waals surface area contributed by atoms with Gasteiger partial charge in [-0.05, 0) is 36.8 Å². The van der Waals surface area contributed by atoms with Gasteiger partial charge in [-0.3, -0.25) is 14.9 Å². The van der Waals surface area contributed by atoms with E-state index in [0.717, 1.165) is 10.9 Å². The molecule has 2 aromatic carbocycles. The molecule has 10 nitrogen and oxygen atoms in total. The maximum Gasteiger partial charge on any atom is 0.257 e. The van der Waals surface area contributed by atoms with Gasteiger partial charge >= 0.3 is 0 Å². The van der Waals surface area contributed by atoms with Crippen molar-refractivity contribution in [3.8, 4) is 22.8 Å². The third-order valence-corrected chi connectivity index (χ3v) is 8.66. The summed E-state index contributed by atoms with van der Waals surface area (Å²) in [6.45, 7) is 2.21. The van der Waals surface area contributed by atoms with Gasteiger partial charge in [0.15, 0.2) is 11.5 Å². The first kappa shape index (κ1) is 23.4. The molecule has 0 spiro atoms. The smallest absolute Gasteiger partial charge is 0.257 e. The first-order valence-electron chi connectivity index (χ1n) is 12.1. The lowest BCUT2D eigenvalue weighted by Crippen LogP contribution is -2.37. The molecule has 2 aliphatic heterocycles. The molecule has 0 radical (unpaired) electrons. The second-order valence-electron chi connectivity index (χ2n) is 8.92. The summed E-state index contributed by atoms with van der Waals surface area (Å²) in [5.74, 6) is 1.09. The van der Waals surface area contributed by atoms with Gasteiger partial charge in [0.1, 0.15) is 13.2 Å². The van der Waals surface area contributed by atoms with Crippen LogP contribution in [-0.2, 0) is 10.0 Å². The number of carbonyl (C=O) groups excluding carboxylic acids is 1. The highest BCUT2D eigenvalue weighted by Crippen LogP contribution is 2.35. The van der Waals surface area contributed by atoms with Gasteiger partial charge in [0.2, 0.25) is 10.0 Å². The number of rotatable bonds is 4. The molecule has 6 rings (SSSR count). The zero-order chi connectivity index (χ0) is 25.4. The molecule has 0 atom stereocenters. The minimum atomic E-state index is -3.75. The highest BCUT2D eigenvalue weighted by Gasteiger charge is 2.31. The van der Waals surface area contributed by atoms with E-state index in [-0.39, 0.29) is 23.9 Å². The van der Waals surface area contributed by atoms with E-state index in [2.05, 4.69) is 15.2 Å². The van der Waals surface area contributed by atoms with Crippen LogP contribution in [-0.4, -0.2) is 78.1 Å². The van der Waals surface area contributed by atoms with Gasteiger partial charge in [0.25, 0.3) is 5.91 Å². The highest BCUT2D eigenvalue weighted by atomic mass is 32.2. The summed E-state index contributed by atoms with van der Waals surface area (Å²) in [6, 6.07) is 12.4. The fraction of sp³-hybridized carbons (Fsp3) is 0.269. The van der Waals surface area contributed by atoms with E-state index in [4.69, 9.17) is 9.47 Å². The summed E-state index contributed by atoms with van der Waals surface area (Å²) in [5.41, 5.74) is 1.77. The van der Waals surface area contributed by atoms with E-state index in [9.17, 15) is 13.2 Å². The second kappa shape index (κ2) is 9.49. The second-order valence-corrected chi connectivity index (χ2v) is 10.8. The molecule has 1 saturated heterocycles. The number of sulfonamides is 1. The van der Waals surface area contributed by atoms with Crippen molar-refractivity contribution in [1.29, 1.82) is 0 Å². The maximum atomic E-state index is 13.6. The largest absolute Gasteiger partial charge is 0.486 e. The van der Waals surface area contributed by atoms with Crippen LogP contribution in [0.15, 0.2) is 66.0 Å². The van der Waals surface area contributed by atoms with Gasteiger partial charge in [-0.25, -0.2) is 8.42 Å². The summed E-state index contributed by atoms with van der Waals surface area (Å²) in [5, 5.41) is 8.45. The quantitative estimate of drug-likeness (QED) is 0.441. The molecule has 4 aromatic rings. The fourth-order valence-electron chi connectivity index (χ4n) is 4.83. The van der Waals surface area contributed by atoms with E-state index < -0.39 is 10.0 Å². The minimum absolute atomic E-state index is 0.200. The Morgan fingerprint density at radius 2 is 1.81 bits per heavy atom. The van der Waals surface area contributed by atoms with Crippen LogP contribution in [0, 0.1) is 0 Å². The van der Waals surface area contributed by atoms with Gasteiger partial charge in [0.05, 0.1) is 22.3 Å². The SMILES string of the molecule is O=C(c1cn[nH]c1-c1ccc2c(c1)OCCO2)N1CCCN(S(=O)(=O)c2cccc3cnccc23)CC1. The van der Waals surface area contributed by atoms with Crippen LogP contribution >= 0.6 is 0 Å². The summed E-state index contributed by atoms with van der Waals surface area (Å²) < 4.78 is 39.9. The van der Waals surface area contributed by atoms with E-state index in [1.165, 1.54) is 10.5 Å². The fourth-order valence-corrected chi connectivity index (χ4v) is 6.52. The van der Waals surface area contributed by atoms with Gasteiger partial charge in [-0.15, -0.1) is 0 Å². The van der Waals surface area contributed by atoms with Crippen molar-refractivity contribution >= 4 is 26.7 Å². The minimum Gasteiger partial charge on any atom is -0.486 e. The van der Waals surface area contributed by atoms with E-state index >= 15 is 0 Å². The van der Waals surface area contributed by atoms with Crippen molar-refractivity contribution in [2.45, 2.75) is 11.3 Å². The number of fused-ring (bicyclic) bond motifs is 2. The van der Waals surface area contributed by atoms with Crippen molar-refractivity contribution in [1.82, 2.24) is 24.4 Å². The number of ether oxygens (including phenoxy) is 2. The zero-order valence-corrected chi connectivity index (χ0v) is 20.8. The van der Waals surface area contributed by atoms with Crippen molar-refractivity contribution < 1.29 is 22.7 Å². The lowest BCUT2D eigenvalue weighted by Gasteiger charge is -2.22. The van der Waals surface area contributed by atoms with Gasteiger partial charge in [0, 0.05) is 54.9 Å². The highest BCUT2D eigenvalue weighted by molar-refractivity contribution is 7.89. The van der Waals surface area contributed by atoms with Gasteiger partial charge in [-0.2, -0.15) is 9.40 Å². The number of hydrogen-bond acceptors (Lipinski definition) is 7. The molecule has 0 bridgehead atoms. The number of benzene rings is 2. The number of hydrogen-bond donors (Lipinski definition) is 1. The molecule has 1 N–H and O–H groups in total. The molecule has 4 heterocycles. The first-order chi connectivity index (χ1) is 18.0. The third kappa shape index (κ3) is 4.30. The molecule has 190 valence electrons. The van der Waals surface area contributed by atoms with E-state index in [1.54, 1.807) is 35.5 Å². The lowest BCUT2D eigenvalue weighted by atomic mass is 10.1. The topological polar surface area (TPSA) is 118 Å². The number of nitrogens with zero attached hydrogens (tertiary/aromatic N) is 4. The Morgan fingerprint density at radius 3 is 2.70 bits per heavy atom. The Morgan fingerprint density at radius 1 is 0.946 bits per heavy atom. The Kier molecular flexibility index (Phi) is 6.01. The molecular weight excluding hydrogens is 494 g/mol. The van der Waals surface area contributed by atoms with E-state index in [1.807, 2.05) is 24.3 Å². The van der Waals surface area contributed by atoms with Crippen LogP contribution in [0.2, 0.25) is 0 Å². The normalized spacial score (nSPS) is 16.5. The van der Waals surface area contributed by atoms with Crippen molar-refractivity contribution in [2.24, 2.45) is 0 Å². The average molecular weight is 520 g/mol. The van der Waals surface area contributed by atoms with Gasteiger partial charge < -0.3 is 14.4 Å². The Labute approximate surface area is 213 Å². The summed E-state index contributed by atoms with van der Waals surface area (Å²) in [4.78, 5) is 19.6. The van der Waals surface area contributed by atoms with Crippen molar-refractivity contribution in [3.05, 3.63) is 66.6 Å². The number of carbonyl (C=O) groups is 1. The number of H-pyrrole nitrogens is 1. The molecule has 0 saturated carbocycles. The summed E-state index contributed by atoms with van der Waals surface area (Å²) in [7, 11) is -3.75. The number of amides is 1. The summed E-state index contributed by atoms with van der Waals surface area (Å²) in [6.07, 6.45) is 5.28. The molecule has 1 fully saturated rings. The summed E-state index contributed by atoms with van der Waals surface area (Å²) >= 11 is 0. The van der Waals surface area contributed by atoms with Crippen LogP contribution < -0.4 is 9.47 Å². The van der Waals surface area contributed by atoms with Crippen LogP contribution in [0.25, 0.3) is 22.0 Å². The van der Waals surface area contributed by atoms with Crippen LogP contribution in [0.5, 0.6) is 11.5 Å². The molecule has 11 heteroatoms. The molecule has 37 heavy (non-hydrogen) atoms. The number of nitrogens with one attached hydrogen (secondary N) is 1. The van der Waals surface area contributed by atoms with Crippen molar-refractivity contribution in [3.63, 3.8) is 0 Å². The molecular formula is C26H25N5O5S. The molecule has 2 aliphatic rings. The average Bonchev–Trinajstić information content (AvgIpc) is 3.28. The molecule has 0 unspecified atom stereocenters. The molecule has 0 aliphatic carbocycles. The van der Waals surface area contributed by atoms with Crippen LogP contribution in [0.1, 0.15) is 16.8 Å². The predicted octanol–water partition coefficient (Wildman–Crippen LogP) is 2.93. The van der Waals surface area contributed by atoms with Crippen molar-refractivity contribution in [2.75, 3.05) is 39.4 Å². The third-order valence-electron chi connectivity index (χ3n) is 6.70. The lowest BCUT2D eigenvalue weighted by molar-refractivity contribution is 0.0765. The zero-order valence-electron chi connectivity index (χ0n) is 20.0. The Bertz CT molecular complexity index is 1580.